The molecule has 2 unspecified atom stereocenters. The van der Waals surface area contributed by atoms with Crippen molar-refractivity contribution in [3.8, 4) is 0 Å². The zero-order valence-corrected chi connectivity index (χ0v) is 20.4. The molecule has 0 aliphatic rings. The monoisotopic (exact) mass is 410 g/mol. The van der Waals surface area contributed by atoms with E-state index in [0.717, 1.165) is 29.6 Å². The molecule has 28 heavy (non-hydrogen) atoms. The van der Waals surface area contributed by atoms with Gasteiger partial charge in [-0.25, -0.2) is 0 Å². The molecule has 0 aromatic heterocycles. The van der Waals surface area contributed by atoms with Crippen molar-refractivity contribution in [1.82, 2.24) is 0 Å². The first-order chi connectivity index (χ1) is 12.7. The highest BCUT2D eigenvalue weighted by Crippen LogP contribution is 2.38. The number of hydrogen-bond donors (Lipinski definition) is 1. The minimum Gasteiger partial charge on any atom is -0.462 e. The summed E-state index contributed by atoms with van der Waals surface area (Å²) in [5, 5.41) is 10.6. The van der Waals surface area contributed by atoms with Crippen LogP contribution in [0.5, 0.6) is 0 Å². The van der Waals surface area contributed by atoms with Crippen LogP contribution in [-0.4, -0.2) is 38.2 Å². The molecule has 0 rings (SSSR count). The van der Waals surface area contributed by atoms with E-state index in [1.165, 1.54) is 6.92 Å². The van der Waals surface area contributed by atoms with Crippen molar-refractivity contribution in [2.24, 2.45) is 0 Å². The van der Waals surface area contributed by atoms with Crippen LogP contribution in [0.25, 0.3) is 0 Å². The first-order valence-corrected chi connectivity index (χ1v) is 13.1. The van der Waals surface area contributed by atoms with Gasteiger partial charge in [-0.05, 0) is 69.3 Å². The van der Waals surface area contributed by atoms with Crippen molar-refractivity contribution in [1.29, 1.82) is 0 Å². The molecule has 0 amide bonds. The second-order valence-corrected chi connectivity index (χ2v) is 14.1. The number of ether oxygens (including phenoxy) is 1. The number of aliphatic hydroxyl groups is 1. The molecule has 5 heteroatoms. The van der Waals surface area contributed by atoms with Crippen LogP contribution in [0.3, 0.4) is 0 Å². The average molecular weight is 411 g/mol. The number of aliphatic hydroxyl groups excluding tert-OH is 1. The summed E-state index contributed by atoms with van der Waals surface area (Å²) in [7, 11) is -1.88. The molecule has 0 aromatic rings. The van der Waals surface area contributed by atoms with E-state index < -0.39 is 14.4 Å². The fourth-order valence-corrected chi connectivity index (χ4v) is 3.78. The summed E-state index contributed by atoms with van der Waals surface area (Å²) < 4.78 is 11.4. The molecule has 0 spiro atoms. The molecule has 0 fully saturated rings. The van der Waals surface area contributed by atoms with Crippen LogP contribution in [-0.2, 0) is 14.0 Å². The zero-order chi connectivity index (χ0) is 22.1. The molecule has 162 valence electrons. The number of hydrogen-bond acceptors (Lipinski definition) is 4. The Morgan fingerprint density at radius 2 is 1.68 bits per heavy atom. The first-order valence-electron chi connectivity index (χ1n) is 10.1. The fourth-order valence-electron chi connectivity index (χ4n) is 2.39. The third kappa shape index (κ3) is 10.4. The van der Waals surface area contributed by atoms with Crippen LogP contribution in [0.1, 0.15) is 67.2 Å². The minimum atomic E-state index is -1.88. The standard InChI is InChI=1S/C23H42O4Si/c1-17(2)22(27-28(9,10)23(6,7)8)14-12-19(4)21(25)13-11-18(3)15-16-26-20(5)24/h15,21-22,25H,1,4,11-14,16H2,2-3,5-10H3/b18-15+. The van der Waals surface area contributed by atoms with Gasteiger partial charge in [0, 0.05) is 6.92 Å². The van der Waals surface area contributed by atoms with Crippen molar-refractivity contribution in [3.63, 3.8) is 0 Å². The molecule has 0 heterocycles. The number of rotatable bonds is 12. The fraction of sp³-hybridized carbons (Fsp3) is 0.696. The van der Waals surface area contributed by atoms with Gasteiger partial charge in [0.05, 0.1) is 12.2 Å². The molecule has 0 saturated carbocycles. The Morgan fingerprint density at radius 3 is 2.14 bits per heavy atom. The van der Waals surface area contributed by atoms with Crippen molar-refractivity contribution in [2.75, 3.05) is 6.61 Å². The van der Waals surface area contributed by atoms with Gasteiger partial charge in [-0.1, -0.05) is 45.1 Å². The number of carbonyl (C=O) groups is 1. The second kappa shape index (κ2) is 11.7. The maximum absolute atomic E-state index is 10.8. The molecule has 0 aromatic carbocycles. The molecule has 0 saturated heterocycles. The van der Waals surface area contributed by atoms with Crippen LogP contribution in [0.15, 0.2) is 36.0 Å². The maximum Gasteiger partial charge on any atom is 0.302 e. The Bertz CT molecular complexity index is 570. The summed E-state index contributed by atoms with van der Waals surface area (Å²) in [5.74, 6) is -0.288. The lowest BCUT2D eigenvalue weighted by Gasteiger charge is -2.39. The summed E-state index contributed by atoms with van der Waals surface area (Å²) in [4.78, 5) is 10.8. The van der Waals surface area contributed by atoms with Crippen molar-refractivity contribution in [3.05, 3.63) is 36.0 Å². The van der Waals surface area contributed by atoms with E-state index >= 15 is 0 Å². The lowest BCUT2D eigenvalue weighted by molar-refractivity contribution is -0.139. The third-order valence-electron chi connectivity index (χ3n) is 5.52. The average Bonchev–Trinajstić information content (AvgIpc) is 2.54. The van der Waals surface area contributed by atoms with Crippen LogP contribution in [0.2, 0.25) is 18.1 Å². The molecule has 1 N–H and O–H groups in total. The Balaban J connectivity index is 4.58. The Hall–Kier alpha value is -1.17. The van der Waals surface area contributed by atoms with Crippen molar-refractivity contribution >= 4 is 14.3 Å². The SMILES string of the molecule is C=C(CCC(O[Si](C)(C)C(C)(C)C)C(=C)C)C(O)CC/C(C)=C/COC(C)=O. The molecule has 0 aliphatic carbocycles. The molecular formula is C23H42O4Si. The van der Waals surface area contributed by atoms with E-state index in [1.807, 2.05) is 19.9 Å². The van der Waals surface area contributed by atoms with Crippen molar-refractivity contribution < 1.29 is 19.1 Å². The van der Waals surface area contributed by atoms with Gasteiger partial charge in [-0.2, -0.15) is 0 Å². The van der Waals surface area contributed by atoms with Crippen LogP contribution >= 0.6 is 0 Å². The van der Waals surface area contributed by atoms with E-state index in [2.05, 4.69) is 47.0 Å². The zero-order valence-electron chi connectivity index (χ0n) is 19.4. The van der Waals surface area contributed by atoms with E-state index in [-0.39, 0.29) is 23.7 Å². The molecule has 0 radical (unpaired) electrons. The number of allylic oxidation sites excluding steroid dienone is 1. The van der Waals surface area contributed by atoms with Gasteiger partial charge in [0.15, 0.2) is 8.32 Å². The predicted octanol–water partition coefficient (Wildman–Crippen LogP) is 5.94. The highest BCUT2D eigenvalue weighted by atomic mass is 28.4. The molecule has 0 aliphatic heterocycles. The maximum atomic E-state index is 10.8. The summed E-state index contributed by atoms with van der Waals surface area (Å²) >= 11 is 0. The summed E-state index contributed by atoms with van der Waals surface area (Å²) in [6.45, 7) is 25.0. The smallest absolute Gasteiger partial charge is 0.302 e. The Labute approximate surface area is 173 Å². The Morgan fingerprint density at radius 1 is 1.11 bits per heavy atom. The van der Waals surface area contributed by atoms with Gasteiger partial charge in [0.1, 0.15) is 6.61 Å². The third-order valence-corrected chi connectivity index (χ3v) is 10.0. The van der Waals surface area contributed by atoms with Gasteiger partial charge >= 0.3 is 5.97 Å². The quantitative estimate of drug-likeness (QED) is 0.246. The molecule has 0 bridgehead atoms. The van der Waals surface area contributed by atoms with Crippen LogP contribution < -0.4 is 0 Å². The Kier molecular flexibility index (Phi) is 11.2. The molecule has 4 nitrogen and oxygen atoms in total. The van der Waals surface area contributed by atoms with E-state index in [9.17, 15) is 9.90 Å². The summed E-state index contributed by atoms with van der Waals surface area (Å²) in [6, 6.07) is 0. The van der Waals surface area contributed by atoms with E-state index in [0.29, 0.717) is 12.8 Å². The van der Waals surface area contributed by atoms with Gasteiger partial charge in [0.2, 0.25) is 0 Å². The summed E-state index contributed by atoms with van der Waals surface area (Å²) in [5.41, 5.74) is 2.95. The first kappa shape index (κ1) is 26.8. The largest absolute Gasteiger partial charge is 0.462 e. The van der Waals surface area contributed by atoms with Gasteiger partial charge in [-0.15, -0.1) is 0 Å². The molecule has 2 atom stereocenters. The highest BCUT2D eigenvalue weighted by molar-refractivity contribution is 6.74. The lowest BCUT2D eigenvalue weighted by Crippen LogP contribution is -2.44. The van der Waals surface area contributed by atoms with Gasteiger partial charge in [0.25, 0.3) is 0 Å². The van der Waals surface area contributed by atoms with E-state index in [1.54, 1.807) is 0 Å². The minimum absolute atomic E-state index is 0.00444. The van der Waals surface area contributed by atoms with Gasteiger partial charge in [-0.3, -0.25) is 4.79 Å². The normalized spacial score (nSPS) is 15.1. The number of carbonyl (C=O) groups excluding carboxylic acids is 1. The van der Waals surface area contributed by atoms with Crippen molar-refractivity contribution in [2.45, 2.75) is 97.6 Å². The molecular weight excluding hydrogens is 368 g/mol. The van der Waals surface area contributed by atoms with E-state index in [4.69, 9.17) is 9.16 Å². The number of esters is 1. The van der Waals surface area contributed by atoms with Gasteiger partial charge < -0.3 is 14.3 Å². The summed E-state index contributed by atoms with van der Waals surface area (Å²) in [6.07, 6.45) is 4.18. The lowest BCUT2D eigenvalue weighted by atomic mass is 9.97. The predicted molar refractivity (Wildman–Crippen MR) is 121 cm³/mol. The van der Waals surface area contributed by atoms with Crippen LogP contribution in [0.4, 0.5) is 0 Å². The topological polar surface area (TPSA) is 55.8 Å². The highest BCUT2D eigenvalue weighted by Gasteiger charge is 2.39. The second-order valence-electron chi connectivity index (χ2n) is 9.32. The van der Waals surface area contributed by atoms with Crippen LogP contribution in [0, 0.1) is 0 Å².